The summed E-state index contributed by atoms with van der Waals surface area (Å²) in [6.07, 6.45) is -1.43. The van der Waals surface area contributed by atoms with Crippen LogP contribution >= 0.6 is 0 Å². The molecule has 1 rings (SSSR count). The largest absolute Gasteiger partial charge is 0.459 e. The highest BCUT2D eigenvalue weighted by molar-refractivity contribution is 6.03. The number of hydrogen-bond donors (Lipinski definition) is 2. The van der Waals surface area contributed by atoms with Gasteiger partial charge in [-0.3, -0.25) is 4.79 Å². The molecule has 2 N–H and O–H groups in total. The zero-order valence-electron chi connectivity index (χ0n) is 12.6. The van der Waals surface area contributed by atoms with Crippen LogP contribution in [-0.4, -0.2) is 53.4 Å². The van der Waals surface area contributed by atoms with E-state index in [1.54, 1.807) is 0 Å². The molecular weight excluding hydrogens is 304 g/mol. The van der Waals surface area contributed by atoms with Gasteiger partial charge < -0.3 is 19.7 Å². The first-order valence-electron chi connectivity index (χ1n) is 6.82. The molecule has 0 amide bonds. The number of esters is 2. The summed E-state index contributed by atoms with van der Waals surface area (Å²) in [5, 5.41) is 18.5. The highest BCUT2D eigenvalue weighted by atomic mass is 16.5. The summed E-state index contributed by atoms with van der Waals surface area (Å²) < 4.78 is 9.66. The van der Waals surface area contributed by atoms with E-state index in [9.17, 15) is 19.5 Å². The number of benzene rings is 1. The van der Waals surface area contributed by atoms with E-state index in [-0.39, 0.29) is 17.7 Å². The number of ketones is 1. The number of ether oxygens (including phenoxy) is 2. The monoisotopic (exact) mass is 322 g/mol. The molecule has 0 radical (unpaired) electrons. The van der Waals surface area contributed by atoms with Gasteiger partial charge in [0, 0.05) is 0 Å². The molecule has 1 aromatic carbocycles. The SMILES string of the molecule is C=CC(=O)C(O)COC(=O)c1ccccc1C(=O)OCC(C)O. The fourth-order valence-corrected chi connectivity index (χ4v) is 1.56. The topological polar surface area (TPSA) is 110 Å². The third-order valence-corrected chi connectivity index (χ3v) is 2.72. The molecule has 0 aliphatic heterocycles. The van der Waals surface area contributed by atoms with E-state index < -0.39 is 36.5 Å². The maximum absolute atomic E-state index is 12.0. The number of rotatable bonds is 8. The van der Waals surface area contributed by atoms with Crippen molar-refractivity contribution >= 4 is 17.7 Å². The lowest BCUT2D eigenvalue weighted by atomic mass is 10.1. The fraction of sp³-hybridized carbons (Fsp3) is 0.312. The van der Waals surface area contributed by atoms with E-state index in [2.05, 4.69) is 6.58 Å². The molecule has 0 heterocycles. The second kappa shape index (κ2) is 8.82. The van der Waals surface area contributed by atoms with E-state index in [4.69, 9.17) is 14.6 Å². The van der Waals surface area contributed by atoms with Crippen molar-refractivity contribution in [3.63, 3.8) is 0 Å². The number of carbonyl (C=O) groups excluding carboxylic acids is 3. The minimum Gasteiger partial charge on any atom is -0.459 e. The molecule has 23 heavy (non-hydrogen) atoms. The minimum atomic E-state index is -1.51. The van der Waals surface area contributed by atoms with Gasteiger partial charge in [-0.05, 0) is 25.1 Å². The first-order chi connectivity index (χ1) is 10.9. The average Bonchev–Trinajstić information content (AvgIpc) is 2.56. The smallest absolute Gasteiger partial charge is 0.339 e. The minimum absolute atomic E-state index is 0.0392. The molecule has 0 spiro atoms. The van der Waals surface area contributed by atoms with Gasteiger partial charge in [-0.2, -0.15) is 0 Å². The van der Waals surface area contributed by atoms with Crippen molar-refractivity contribution in [2.24, 2.45) is 0 Å². The summed E-state index contributed by atoms with van der Waals surface area (Å²) in [7, 11) is 0. The van der Waals surface area contributed by atoms with Crippen LogP contribution in [0.4, 0.5) is 0 Å². The van der Waals surface area contributed by atoms with Crippen LogP contribution in [0.15, 0.2) is 36.9 Å². The van der Waals surface area contributed by atoms with Crippen LogP contribution in [0.25, 0.3) is 0 Å². The molecule has 0 saturated heterocycles. The van der Waals surface area contributed by atoms with Crippen LogP contribution in [-0.2, 0) is 14.3 Å². The average molecular weight is 322 g/mol. The molecule has 2 atom stereocenters. The standard InChI is InChI=1S/C16H18O7/c1-3-13(18)14(19)9-23-16(21)12-7-5-4-6-11(12)15(20)22-8-10(2)17/h3-7,10,14,17,19H,1,8-9H2,2H3. The van der Waals surface area contributed by atoms with Crippen LogP contribution in [0.3, 0.4) is 0 Å². The molecule has 0 bridgehead atoms. The van der Waals surface area contributed by atoms with Gasteiger partial charge in [0.1, 0.15) is 13.2 Å². The van der Waals surface area contributed by atoms with Crippen molar-refractivity contribution in [3.05, 3.63) is 48.0 Å². The quantitative estimate of drug-likeness (QED) is 0.529. The summed E-state index contributed by atoms with van der Waals surface area (Å²) in [5.74, 6) is -2.35. The second-order valence-corrected chi connectivity index (χ2v) is 4.71. The molecule has 2 unspecified atom stereocenters. The van der Waals surface area contributed by atoms with Gasteiger partial charge >= 0.3 is 11.9 Å². The lowest BCUT2D eigenvalue weighted by Gasteiger charge is -2.12. The molecule has 1 aromatic rings. The van der Waals surface area contributed by atoms with Crippen molar-refractivity contribution in [1.29, 1.82) is 0 Å². The summed E-state index contributed by atoms with van der Waals surface area (Å²) in [6, 6.07) is 5.77. The van der Waals surface area contributed by atoms with Gasteiger partial charge in [0.25, 0.3) is 0 Å². The van der Waals surface area contributed by atoms with E-state index in [0.29, 0.717) is 0 Å². The molecule has 0 aliphatic rings. The summed E-state index contributed by atoms with van der Waals surface area (Å²) in [5.41, 5.74) is -0.107. The molecule has 7 heteroatoms. The zero-order chi connectivity index (χ0) is 17.4. The Balaban J connectivity index is 2.79. The Morgan fingerprint density at radius 3 is 2.00 bits per heavy atom. The lowest BCUT2D eigenvalue weighted by molar-refractivity contribution is -0.124. The third kappa shape index (κ3) is 5.65. The van der Waals surface area contributed by atoms with E-state index >= 15 is 0 Å². The van der Waals surface area contributed by atoms with Gasteiger partial charge in [0.2, 0.25) is 0 Å². The molecular formula is C16H18O7. The number of hydrogen-bond acceptors (Lipinski definition) is 7. The van der Waals surface area contributed by atoms with E-state index in [1.165, 1.54) is 31.2 Å². The molecule has 0 aromatic heterocycles. The van der Waals surface area contributed by atoms with Gasteiger partial charge in [-0.15, -0.1) is 0 Å². The Labute approximate surface area is 133 Å². The van der Waals surface area contributed by atoms with E-state index in [1.807, 2.05) is 0 Å². The first kappa shape index (κ1) is 18.5. The van der Waals surface area contributed by atoms with Gasteiger partial charge in [-0.1, -0.05) is 18.7 Å². The van der Waals surface area contributed by atoms with Crippen molar-refractivity contribution in [2.75, 3.05) is 13.2 Å². The Morgan fingerprint density at radius 1 is 1.09 bits per heavy atom. The third-order valence-electron chi connectivity index (χ3n) is 2.72. The Bertz CT molecular complexity index is 592. The van der Waals surface area contributed by atoms with Crippen LogP contribution in [0.5, 0.6) is 0 Å². The maximum Gasteiger partial charge on any atom is 0.339 e. The second-order valence-electron chi connectivity index (χ2n) is 4.71. The summed E-state index contributed by atoms with van der Waals surface area (Å²) in [6.45, 7) is 3.89. The van der Waals surface area contributed by atoms with Crippen LogP contribution in [0, 0.1) is 0 Å². The number of aliphatic hydroxyl groups is 2. The molecule has 0 saturated carbocycles. The molecule has 0 fully saturated rings. The molecule has 124 valence electrons. The summed E-state index contributed by atoms with van der Waals surface area (Å²) in [4.78, 5) is 35.0. The Kier molecular flexibility index (Phi) is 7.11. The van der Waals surface area contributed by atoms with E-state index in [0.717, 1.165) is 6.08 Å². The Morgan fingerprint density at radius 2 is 1.57 bits per heavy atom. The molecule has 0 aliphatic carbocycles. The van der Waals surface area contributed by atoms with Gasteiger partial charge in [0.05, 0.1) is 17.2 Å². The zero-order valence-corrected chi connectivity index (χ0v) is 12.6. The highest BCUT2D eigenvalue weighted by Crippen LogP contribution is 2.12. The van der Waals surface area contributed by atoms with Crippen molar-refractivity contribution in [2.45, 2.75) is 19.1 Å². The number of aliphatic hydroxyl groups excluding tert-OH is 2. The van der Waals surface area contributed by atoms with Crippen LogP contribution in [0.2, 0.25) is 0 Å². The summed E-state index contributed by atoms with van der Waals surface area (Å²) >= 11 is 0. The van der Waals surface area contributed by atoms with Gasteiger partial charge in [-0.25, -0.2) is 9.59 Å². The van der Waals surface area contributed by atoms with Crippen LogP contribution < -0.4 is 0 Å². The lowest BCUT2D eigenvalue weighted by Crippen LogP contribution is -2.26. The number of carbonyl (C=O) groups is 3. The van der Waals surface area contributed by atoms with Gasteiger partial charge in [0.15, 0.2) is 11.9 Å². The highest BCUT2D eigenvalue weighted by Gasteiger charge is 2.21. The van der Waals surface area contributed by atoms with Crippen molar-refractivity contribution in [1.82, 2.24) is 0 Å². The fourth-order valence-electron chi connectivity index (χ4n) is 1.56. The maximum atomic E-state index is 12.0. The predicted octanol–water partition coefficient (Wildman–Crippen LogP) is 0.497. The Hall–Kier alpha value is -2.51. The van der Waals surface area contributed by atoms with Crippen LogP contribution in [0.1, 0.15) is 27.6 Å². The van der Waals surface area contributed by atoms with Crippen molar-refractivity contribution in [3.8, 4) is 0 Å². The predicted molar refractivity (Wildman–Crippen MR) is 79.9 cm³/mol. The normalized spacial score (nSPS) is 12.8. The van der Waals surface area contributed by atoms with Crippen molar-refractivity contribution < 1.29 is 34.1 Å². The molecule has 7 nitrogen and oxygen atoms in total. The first-order valence-corrected chi connectivity index (χ1v) is 6.82.